The molecule has 0 saturated heterocycles. The Kier molecular flexibility index (Phi) is 4.80. The predicted molar refractivity (Wildman–Crippen MR) is 76.0 cm³/mol. The van der Waals surface area contributed by atoms with Crippen molar-refractivity contribution in [3.05, 3.63) is 47.2 Å². The van der Waals surface area contributed by atoms with Gasteiger partial charge in [0.1, 0.15) is 0 Å². The van der Waals surface area contributed by atoms with Crippen molar-refractivity contribution < 1.29 is 0 Å². The summed E-state index contributed by atoms with van der Waals surface area (Å²) in [6.07, 6.45) is 3.30. The number of benzene rings is 1. The van der Waals surface area contributed by atoms with Gasteiger partial charge in [-0.25, -0.2) is 0 Å². The molecule has 1 N–H and O–H groups in total. The van der Waals surface area contributed by atoms with E-state index in [1.54, 1.807) is 0 Å². The molecule has 0 aromatic heterocycles. The fourth-order valence-corrected chi connectivity index (χ4v) is 1.74. The van der Waals surface area contributed by atoms with Crippen LogP contribution in [-0.2, 0) is 12.0 Å². The summed E-state index contributed by atoms with van der Waals surface area (Å²) in [5, 5.41) is 3.42. The van der Waals surface area contributed by atoms with E-state index in [0.29, 0.717) is 0 Å². The maximum atomic E-state index is 3.42. The van der Waals surface area contributed by atoms with Crippen LogP contribution in [0.5, 0.6) is 0 Å². The Hall–Kier alpha value is -1.24. The Bertz CT molecular complexity index is 366. The van der Waals surface area contributed by atoms with E-state index in [1.807, 2.05) is 0 Å². The number of rotatable bonds is 4. The van der Waals surface area contributed by atoms with Gasteiger partial charge in [0.25, 0.3) is 0 Å². The predicted octanol–water partition coefficient (Wildman–Crippen LogP) is 4.39. The molecule has 0 aliphatic heterocycles. The fourth-order valence-electron chi connectivity index (χ4n) is 1.74. The molecule has 1 rings (SSSR count). The van der Waals surface area contributed by atoms with E-state index in [0.717, 1.165) is 13.0 Å². The maximum absolute atomic E-state index is 3.42. The van der Waals surface area contributed by atoms with Gasteiger partial charge in [0.2, 0.25) is 0 Å². The minimum absolute atomic E-state index is 0.240. The minimum Gasteiger partial charge on any atom is -0.385 e. The van der Waals surface area contributed by atoms with Crippen molar-refractivity contribution in [1.82, 2.24) is 5.32 Å². The average molecular weight is 231 g/mol. The highest BCUT2D eigenvalue weighted by molar-refractivity contribution is 5.27. The Morgan fingerprint density at radius 2 is 1.76 bits per heavy atom. The third-order valence-corrected chi connectivity index (χ3v) is 2.90. The molecule has 0 fully saturated rings. The second kappa shape index (κ2) is 5.90. The highest BCUT2D eigenvalue weighted by Crippen LogP contribution is 2.22. The molecule has 0 saturated carbocycles. The molecular formula is C16H25N. The lowest BCUT2D eigenvalue weighted by Gasteiger charge is -2.19. The monoisotopic (exact) mass is 231 g/mol. The van der Waals surface area contributed by atoms with Gasteiger partial charge in [-0.3, -0.25) is 0 Å². The van der Waals surface area contributed by atoms with Crippen LogP contribution >= 0.6 is 0 Å². The molecule has 1 aromatic carbocycles. The van der Waals surface area contributed by atoms with E-state index in [-0.39, 0.29) is 5.41 Å². The summed E-state index contributed by atoms with van der Waals surface area (Å²) in [6.45, 7) is 11.9. The smallest absolute Gasteiger partial charge is 0.0397 e. The number of hydrogen-bond donors (Lipinski definition) is 1. The van der Waals surface area contributed by atoms with Crippen LogP contribution in [0.3, 0.4) is 0 Å². The largest absolute Gasteiger partial charge is 0.385 e. The number of hydrogen-bond acceptors (Lipinski definition) is 1. The van der Waals surface area contributed by atoms with Gasteiger partial charge in [-0.2, -0.15) is 0 Å². The Morgan fingerprint density at radius 3 is 2.24 bits per heavy atom. The standard InChI is InChI=1S/C16H25N/c1-6-7-13(2)17-12-14-8-10-15(11-9-14)16(3,4)5/h7-11,17H,6,12H2,1-5H3/b13-7-. The highest BCUT2D eigenvalue weighted by Gasteiger charge is 2.12. The topological polar surface area (TPSA) is 12.0 Å². The van der Waals surface area contributed by atoms with Crippen LogP contribution in [0, 0.1) is 0 Å². The van der Waals surface area contributed by atoms with Crippen LogP contribution in [-0.4, -0.2) is 0 Å². The number of allylic oxidation sites excluding steroid dienone is 2. The fraction of sp³-hybridized carbons (Fsp3) is 0.500. The Labute approximate surface area is 106 Å². The van der Waals surface area contributed by atoms with Gasteiger partial charge in [0, 0.05) is 12.2 Å². The van der Waals surface area contributed by atoms with Crippen molar-refractivity contribution in [3.8, 4) is 0 Å². The quantitative estimate of drug-likeness (QED) is 0.810. The summed E-state index contributed by atoms with van der Waals surface area (Å²) in [5.41, 5.74) is 4.22. The van der Waals surface area contributed by atoms with Crippen molar-refractivity contribution in [2.24, 2.45) is 0 Å². The summed E-state index contributed by atoms with van der Waals surface area (Å²) in [7, 11) is 0. The Balaban J connectivity index is 2.60. The van der Waals surface area contributed by atoms with Crippen molar-refractivity contribution in [2.75, 3.05) is 0 Å². The maximum Gasteiger partial charge on any atom is 0.0397 e. The van der Waals surface area contributed by atoms with Crippen LogP contribution in [0.15, 0.2) is 36.0 Å². The SMILES string of the molecule is CC/C=C(/C)NCc1ccc(C(C)(C)C)cc1. The molecule has 0 heterocycles. The molecule has 0 unspecified atom stereocenters. The van der Waals surface area contributed by atoms with Crippen LogP contribution in [0.1, 0.15) is 52.2 Å². The van der Waals surface area contributed by atoms with Gasteiger partial charge >= 0.3 is 0 Å². The molecule has 0 bridgehead atoms. The third-order valence-electron chi connectivity index (χ3n) is 2.90. The van der Waals surface area contributed by atoms with Crippen molar-refractivity contribution in [3.63, 3.8) is 0 Å². The lowest BCUT2D eigenvalue weighted by Crippen LogP contribution is -2.13. The zero-order valence-corrected chi connectivity index (χ0v) is 11.8. The second-order valence-electron chi connectivity index (χ2n) is 5.60. The van der Waals surface area contributed by atoms with E-state index in [2.05, 4.69) is 70.3 Å². The first-order valence-electron chi connectivity index (χ1n) is 6.43. The van der Waals surface area contributed by atoms with E-state index in [9.17, 15) is 0 Å². The molecule has 0 spiro atoms. The van der Waals surface area contributed by atoms with Crippen LogP contribution in [0.4, 0.5) is 0 Å². The summed E-state index contributed by atoms with van der Waals surface area (Å²) < 4.78 is 0. The van der Waals surface area contributed by atoms with Gasteiger partial charge in [0.05, 0.1) is 0 Å². The van der Waals surface area contributed by atoms with Crippen molar-refractivity contribution >= 4 is 0 Å². The van der Waals surface area contributed by atoms with E-state index >= 15 is 0 Å². The normalized spacial score (nSPS) is 12.6. The average Bonchev–Trinajstić information content (AvgIpc) is 2.26. The van der Waals surface area contributed by atoms with E-state index in [1.165, 1.54) is 16.8 Å². The van der Waals surface area contributed by atoms with Crippen LogP contribution in [0.2, 0.25) is 0 Å². The van der Waals surface area contributed by atoms with Crippen molar-refractivity contribution in [2.45, 2.75) is 53.0 Å². The molecule has 0 atom stereocenters. The second-order valence-corrected chi connectivity index (χ2v) is 5.60. The third kappa shape index (κ3) is 4.64. The molecule has 0 radical (unpaired) electrons. The van der Waals surface area contributed by atoms with E-state index < -0.39 is 0 Å². The molecule has 0 aliphatic carbocycles. The van der Waals surface area contributed by atoms with E-state index in [4.69, 9.17) is 0 Å². The number of nitrogens with one attached hydrogen (secondary N) is 1. The molecule has 1 aromatic rings. The first-order chi connectivity index (χ1) is 7.93. The molecule has 1 nitrogen and oxygen atoms in total. The molecule has 0 amide bonds. The first-order valence-corrected chi connectivity index (χ1v) is 6.43. The lowest BCUT2D eigenvalue weighted by atomic mass is 9.87. The molecule has 94 valence electrons. The Morgan fingerprint density at radius 1 is 1.18 bits per heavy atom. The zero-order valence-electron chi connectivity index (χ0n) is 11.8. The molecule has 1 heteroatoms. The zero-order chi connectivity index (χ0) is 12.9. The van der Waals surface area contributed by atoms with Crippen molar-refractivity contribution in [1.29, 1.82) is 0 Å². The molecular weight excluding hydrogens is 206 g/mol. The van der Waals surface area contributed by atoms with Gasteiger partial charge in [0.15, 0.2) is 0 Å². The van der Waals surface area contributed by atoms with Crippen LogP contribution in [0.25, 0.3) is 0 Å². The summed E-state index contributed by atoms with van der Waals surface area (Å²) in [4.78, 5) is 0. The summed E-state index contributed by atoms with van der Waals surface area (Å²) in [5.74, 6) is 0. The minimum atomic E-state index is 0.240. The first kappa shape index (κ1) is 13.8. The molecule has 17 heavy (non-hydrogen) atoms. The van der Waals surface area contributed by atoms with Gasteiger partial charge in [-0.15, -0.1) is 0 Å². The summed E-state index contributed by atoms with van der Waals surface area (Å²) in [6, 6.07) is 8.89. The van der Waals surface area contributed by atoms with Gasteiger partial charge in [-0.1, -0.05) is 58.0 Å². The summed E-state index contributed by atoms with van der Waals surface area (Å²) >= 11 is 0. The van der Waals surface area contributed by atoms with Gasteiger partial charge < -0.3 is 5.32 Å². The molecule has 0 aliphatic rings. The highest BCUT2D eigenvalue weighted by atomic mass is 14.9. The van der Waals surface area contributed by atoms with Gasteiger partial charge in [-0.05, 0) is 29.9 Å². The lowest BCUT2D eigenvalue weighted by molar-refractivity contribution is 0.590. The van der Waals surface area contributed by atoms with Crippen LogP contribution < -0.4 is 5.32 Å².